The van der Waals surface area contributed by atoms with Crippen LogP contribution in [0.2, 0.25) is 0 Å². The largest absolute Gasteiger partial charge is 0.472 e. The summed E-state index contributed by atoms with van der Waals surface area (Å²) in [5, 5.41) is 21.1. The van der Waals surface area contributed by atoms with Gasteiger partial charge in [0.1, 0.15) is 128 Å². The Kier molecular flexibility index (Phi) is 24.3. The molecular weight excluding hydrogens is 1790 g/mol. The molecule has 19 N–H and O–H groups in total. The second kappa shape index (κ2) is 34.3. The molecule has 6 aliphatic rings. The van der Waals surface area contributed by atoms with Crippen LogP contribution in [0.25, 0.3) is 33.5 Å². The van der Waals surface area contributed by atoms with Gasteiger partial charge in [-0.2, -0.15) is 23.5 Å². The number of hydrogen-bond donors (Lipinski definition) is 14. The van der Waals surface area contributed by atoms with Gasteiger partial charge in [-0.25, -0.2) is 62.1 Å². The lowest BCUT2D eigenvalue weighted by molar-refractivity contribution is -0.0648. The number of halogens is 1. The van der Waals surface area contributed by atoms with Gasteiger partial charge in [0, 0.05) is 63.2 Å². The first-order valence-electron chi connectivity index (χ1n) is 35.8. The molecule has 6 fully saturated rings. The average molecular weight is 1860 g/mol. The highest BCUT2D eigenvalue weighted by Crippen LogP contribution is 2.56. The van der Waals surface area contributed by atoms with E-state index in [1.54, 1.807) is 0 Å². The Morgan fingerprint density at radius 1 is 0.450 bits per heavy atom. The molecule has 63 heteroatoms. The number of aliphatic hydroxyl groups is 2. The van der Waals surface area contributed by atoms with E-state index in [0.29, 0.717) is 3.59 Å². The quantitative estimate of drug-likeness (QED) is 0.0191. The molecule has 0 bridgehead atoms. The zero-order chi connectivity index (χ0) is 86.3. The first-order chi connectivity index (χ1) is 57.2. The molecule has 15 rings (SSSR count). The van der Waals surface area contributed by atoms with Gasteiger partial charge < -0.3 is 91.8 Å². The Morgan fingerprint density at radius 3 is 1.27 bits per heavy atom. The molecule has 0 saturated carbocycles. The highest BCUT2D eigenvalue weighted by atomic mass is 79.9. The maximum Gasteiger partial charge on any atom is 0.472 e. The number of ether oxygens (including phenoxy) is 6. The SMILES string of the molecule is [2H][C@]1(n2cnc3c(N)ncnc32)C[C@H](OP(=O)(O)OC[C@H]2O[C@@H](n3ccc(=O)n(Br)c3=O)C[C@@H]2OP(=O)(O)OC[C@H]2O[C@@H](n3cnc4c(=O)[nH]c(N)nc43)C[C@@H]2OP(=O)(O)OC[C@H]2O[C@@H](n3ccc(N)nc3=O)C[C@@H]2O)[C@@H](COP(=O)(O)O[C@H]2C[C@H](n3ccc(N)nc3=O)O[C@@H]2COP(=O)(O)O[C@H]2C[C@H](n3cnc4c(=O)[nH]c(N)nc43)O[C@@H]2CO)O1. The summed E-state index contributed by atoms with van der Waals surface area (Å²) in [5.41, 5.74) is 22.9. The van der Waals surface area contributed by atoms with Gasteiger partial charge in [0.25, 0.3) is 16.7 Å². The van der Waals surface area contributed by atoms with E-state index in [9.17, 15) is 87.6 Å². The fourth-order valence-corrected chi connectivity index (χ4v) is 18.8. The highest BCUT2D eigenvalue weighted by molar-refractivity contribution is 9.08. The normalized spacial score (nSPS) is 30.4. The summed E-state index contributed by atoms with van der Waals surface area (Å²) in [7, 11) is -27.7. The van der Waals surface area contributed by atoms with Gasteiger partial charge in [-0.1, -0.05) is 0 Å². The lowest BCUT2D eigenvalue weighted by Gasteiger charge is -2.26. The number of rotatable bonds is 32. The number of nitrogens with zero attached hydrogens (tertiary/aromatic N) is 16. The molecule has 0 radical (unpaired) electrons. The zero-order valence-corrected chi connectivity index (χ0v) is 66.9. The molecule has 9 aromatic rings. The number of nitrogens with two attached hydrogens (primary N) is 5. The number of aromatic nitrogens is 18. The van der Waals surface area contributed by atoms with Crippen molar-refractivity contribution in [3.05, 3.63) is 125 Å². The van der Waals surface area contributed by atoms with Gasteiger partial charge in [0.2, 0.25) is 11.9 Å². The van der Waals surface area contributed by atoms with Crippen molar-refractivity contribution in [1.82, 2.24) is 85.8 Å². The van der Waals surface area contributed by atoms with Crippen molar-refractivity contribution < 1.29 is 133 Å². The number of nitrogens with one attached hydrogen (secondary N) is 2. The molecule has 15 heterocycles. The molecule has 0 spiro atoms. The van der Waals surface area contributed by atoms with E-state index in [-0.39, 0.29) is 75.7 Å². The van der Waals surface area contributed by atoms with Crippen molar-refractivity contribution in [2.75, 3.05) is 68.3 Å². The van der Waals surface area contributed by atoms with Crippen LogP contribution >= 0.6 is 55.3 Å². The maximum atomic E-state index is 14.5. The second-order valence-electron chi connectivity index (χ2n) is 27.2. The van der Waals surface area contributed by atoms with Gasteiger partial charge in [-0.15, -0.1) is 0 Å². The third kappa shape index (κ3) is 19.0. The Morgan fingerprint density at radius 2 is 0.817 bits per heavy atom. The zero-order valence-electron chi connectivity index (χ0n) is 61.9. The number of phosphoric acid groups is 5. The third-order valence-electron chi connectivity index (χ3n) is 19.3. The van der Waals surface area contributed by atoms with Crippen LogP contribution in [0.4, 0.5) is 29.4 Å². The van der Waals surface area contributed by atoms with E-state index in [1.165, 1.54) is 33.8 Å². The molecule has 5 unspecified atom stereocenters. The van der Waals surface area contributed by atoms with Gasteiger partial charge in [0.05, 0.1) is 82.2 Å². The maximum absolute atomic E-state index is 14.5. The van der Waals surface area contributed by atoms with Crippen LogP contribution in [0, 0.1) is 0 Å². The number of aromatic amines is 2. The van der Waals surface area contributed by atoms with Crippen molar-refractivity contribution in [3.63, 3.8) is 0 Å². The number of phosphoric ester groups is 5. The Labute approximate surface area is 675 Å². The predicted octanol–water partition coefficient (Wildman–Crippen LogP) is -2.71. The fraction of sp³-hybridized carbons (Fsp3) is 0.526. The van der Waals surface area contributed by atoms with E-state index in [4.69, 9.17) is 102 Å². The summed E-state index contributed by atoms with van der Waals surface area (Å²) >= 11 is 2.84. The Bertz CT molecular complexity index is 6080. The van der Waals surface area contributed by atoms with Crippen LogP contribution in [0.3, 0.4) is 0 Å². The first-order valence-corrected chi connectivity index (χ1v) is 43.5. The van der Waals surface area contributed by atoms with Crippen molar-refractivity contribution in [3.8, 4) is 0 Å². The number of hydrogen-bond acceptors (Lipinski definition) is 43. The van der Waals surface area contributed by atoms with Gasteiger partial charge in [0.15, 0.2) is 33.8 Å². The van der Waals surface area contributed by atoms with Crippen LogP contribution < -0.4 is 62.4 Å². The van der Waals surface area contributed by atoms with E-state index in [1.807, 2.05) is 0 Å². The van der Waals surface area contributed by atoms with E-state index >= 15 is 0 Å². The van der Waals surface area contributed by atoms with Crippen LogP contribution in [0.15, 0.2) is 90.9 Å². The van der Waals surface area contributed by atoms with Crippen LogP contribution in [-0.2, 0) is 96.5 Å². The molecule has 650 valence electrons. The van der Waals surface area contributed by atoms with Crippen LogP contribution in [0.1, 0.15) is 77.2 Å². The number of fused-ring (bicyclic) bond motifs is 3. The van der Waals surface area contributed by atoms with Crippen LogP contribution in [0.5, 0.6) is 0 Å². The summed E-state index contributed by atoms with van der Waals surface area (Å²) in [5.74, 6) is -1.16. The Hall–Kier alpha value is -8.60. The standard InChI is InChI=1S/C57H71BrN23O34P5/c58-81-37(84)3-6-77(57(81)89)40-10-26(113-119(96,97)104-18-34-28(12-43(110-34)80-22-68-46-50(80)72-54(63)74-52(46)86)114-116(90,91)100-14-30-23(83)7-38(106-30)75-4-1-35(59)69-55(75)87)32(108-40)16-102-120(98,99)115-27-11-41(78-20-66-44-47(61)64-19-65-48(44)78)109-33(27)17-103-118(94,95)112-25-9-39(76-5-2-36(60)70-56(76)88)107-31(25)15-101-117(92,93)111-24-8-42(105-29(24)13-82)79-21-67-45-49(79)71-53(62)73-51(45)85/h1-6,19-34,38-43,82-83H,7-18H2,(H,90,91)(H,92,93)(H,94,95)(H,96,97)(H,98,99)(H2,59,69,87)(H2,60,70,88)(H2,61,64,65)(H3,62,71,73,85)(H3,63,72,74,86)/t23-,24-,25-,26-,27-,28-,29+,30+,31+,32+,33+,34+,38+,39+,40+,41+,42+,43+/m0/s1/i41D. The molecule has 0 aromatic carbocycles. The van der Waals surface area contributed by atoms with E-state index < -0.39 is 249 Å². The number of anilines is 5. The van der Waals surface area contributed by atoms with Gasteiger partial charge >= 0.3 is 56.2 Å². The predicted molar refractivity (Wildman–Crippen MR) is 397 cm³/mol. The minimum absolute atomic E-state index is 0.0444. The topological polar surface area (TPSA) is 789 Å². The lowest BCUT2D eigenvalue weighted by atomic mass is 10.2. The molecule has 9 aromatic heterocycles. The molecule has 23 atom stereocenters. The average Bonchev–Trinajstić information content (AvgIpc) is 1.59. The molecule has 6 aliphatic heterocycles. The Balaban J connectivity index is 0.639. The smallest absolute Gasteiger partial charge is 0.394 e. The second-order valence-corrected chi connectivity index (χ2v) is 34.9. The van der Waals surface area contributed by atoms with Gasteiger partial charge in [-0.05, 0) is 12.1 Å². The highest BCUT2D eigenvalue weighted by Gasteiger charge is 2.52. The molecule has 120 heavy (non-hydrogen) atoms. The minimum atomic E-state index is -5.75. The summed E-state index contributed by atoms with van der Waals surface area (Å²) in [6.45, 7) is -6.17. The summed E-state index contributed by atoms with van der Waals surface area (Å²) < 4.78 is 178. The lowest BCUT2D eigenvalue weighted by Crippen LogP contribution is -2.36. The van der Waals surface area contributed by atoms with Crippen molar-refractivity contribution in [2.24, 2.45) is 0 Å². The van der Waals surface area contributed by atoms with Crippen molar-refractivity contribution in [1.29, 1.82) is 0 Å². The molecule has 0 amide bonds. The third-order valence-corrected chi connectivity index (χ3v) is 25.0. The number of nitrogen functional groups attached to an aromatic ring is 5. The monoisotopic (exact) mass is 1860 g/mol. The van der Waals surface area contributed by atoms with Gasteiger partial charge in [-0.3, -0.25) is 97.0 Å². The summed E-state index contributed by atoms with van der Waals surface area (Å²) in [6, 6.07) is 3.39. The minimum Gasteiger partial charge on any atom is -0.394 e. The fourth-order valence-electron chi connectivity index (χ4n) is 13.7. The summed E-state index contributed by atoms with van der Waals surface area (Å²) in [6.07, 6.45) is -24.6. The van der Waals surface area contributed by atoms with E-state index in [2.05, 4.69) is 71.0 Å². The first kappa shape index (κ1) is 85.0. The van der Waals surface area contributed by atoms with E-state index in [0.717, 1.165) is 55.7 Å². The molecule has 0 aliphatic carbocycles. The molecular formula is C57H71BrN23O34P5. The van der Waals surface area contributed by atoms with Crippen LogP contribution in [-0.4, -0.2) is 233 Å². The number of H-pyrrole nitrogens is 2. The van der Waals surface area contributed by atoms with Crippen molar-refractivity contribution in [2.45, 2.75) is 149 Å². The number of aliphatic hydroxyl groups excluding tert-OH is 2. The molecule has 6 saturated heterocycles. The summed E-state index contributed by atoms with van der Waals surface area (Å²) in [4.78, 5) is 175. The molecule has 57 nitrogen and oxygen atoms in total. The number of imidazole rings is 3. The van der Waals surface area contributed by atoms with Crippen molar-refractivity contribution >= 4 is 118 Å².